The van der Waals surface area contributed by atoms with E-state index in [0.29, 0.717) is 12.8 Å². The van der Waals surface area contributed by atoms with Crippen LogP contribution in [0.4, 0.5) is 4.39 Å². The maximum atomic E-state index is 14.4. The second-order valence-electron chi connectivity index (χ2n) is 9.01. The van der Waals surface area contributed by atoms with Gasteiger partial charge in [0.1, 0.15) is 12.4 Å². The lowest BCUT2D eigenvalue weighted by Gasteiger charge is -2.32. The number of piperazine rings is 1. The molecule has 0 N–H and O–H groups in total. The van der Waals surface area contributed by atoms with E-state index in [0.717, 1.165) is 87.2 Å². The fraction of sp³-hybridized carbons (Fsp3) is 0.560. The Morgan fingerprint density at radius 2 is 1.84 bits per heavy atom. The summed E-state index contributed by atoms with van der Waals surface area (Å²) in [6.45, 7) is 5.25. The van der Waals surface area contributed by atoms with Crippen LogP contribution < -0.4 is 0 Å². The molecular weight excluding hydrogens is 393 g/mol. The van der Waals surface area contributed by atoms with Gasteiger partial charge in [-0.05, 0) is 69.0 Å². The van der Waals surface area contributed by atoms with Crippen LogP contribution in [0.5, 0.6) is 0 Å². The zero-order chi connectivity index (χ0) is 21.8. The van der Waals surface area contributed by atoms with Crippen molar-refractivity contribution < 1.29 is 14.0 Å². The average Bonchev–Trinajstić information content (AvgIpc) is 2.78. The van der Waals surface area contributed by atoms with E-state index in [-0.39, 0.29) is 23.7 Å². The fourth-order valence-electron chi connectivity index (χ4n) is 4.81. The number of carbonyl (C=O) groups excluding carboxylic acids is 2. The SMILES string of the molecule is CN1CCN(CCCC(=O)c2cc(CC3=NCC(=O)C4=C3CCCC4)ccc2F)CC1. The molecule has 1 fully saturated rings. The van der Waals surface area contributed by atoms with E-state index >= 15 is 0 Å². The summed E-state index contributed by atoms with van der Waals surface area (Å²) < 4.78 is 14.4. The zero-order valence-electron chi connectivity index (χ0n) is 18.5. The number of carbonyl (C=O) groups is 2. The van der Waals surface area contributed by atoms with Crippen molar-refractivity contribution in [3.8, 4) is 0 Å². The smallest absolute Gasteiger partial charge is 0.180 e. The lowest BCUT2D eigenvalue weighted by atomic mass is 9.83. The minimum atomic E-state index is -0.452. The van der Waals surface area contributed by atoms with Crippen molar-refractivity contribution in [3.63, 3.8) is 0 Å². The largest absolute Gasteiger partial charge is 0.304 e. The molecule has 2 aliphatic heterocycles. The Hall–Kier alpha value is -2.18. The summed E-state index contributed by atoms with van der Waals surface area (Å²) in [5, 5.41) is 0. The van der Waals surface area contributed by atoms with Gasteiger partial charge < -0.3 is 9.80 Å². The summed E-state index contributed by atoms with van der Waals surface area (Å²) in [6.07, 6.45) is 5.52. The summed E-state index contributed by atoms with van der Waals surface area (Å²) in [5.41, 5.74) is 4.04. The molecule has 1 saturated heterocycles. The summed E-state index contributed by atoms with van der Waals surface area (Å²) in [5.74, 6) is -0.438. The van der Waals surface area contributed by atoms with Crippen molar-refractivity contribution in [2.45, 2.75) is 44.9 Å². The first kappa shape index (κ1) is 22.0. The van der Waals surface area contributed by atoms with Gasteiger partial charge in [-0.2, -0.15) is 0 Å². The maximum absolute atomic E-state index is 14.4. The molecular formula is C25H32FN3O2. The summed E-state index contributed by atoms with van der Waals surface area (Å²) in [4.78, 5) is 34.1. The van der Waals surface area contributed by atoms with Crippen LogP contribution in [0.15, 0.2) is 34.3 Å². The van der Waals surface area contributed by atoms with E-state index < -0.39 is 5.82 Å². The molecule has 166 valence electrons. The zero-order valence-corrected chi connectivity index (χ0v) is 18.5. The molecule has 1 aromatic carbocycles. The Balaban J connectivity index is 1.38. The van der Waals surface area contributed by atoms with Crippen LogP contribution in [0, 0.1) is 5.82 Å². The van der Waals surface area contributed by atoms with Gasteiger partial charge in [-0.25, -0.2) is 4.39 Å². The van der Waals surface area contributed by atoms with Gasteiger partial charge in [-0.3, -0.25) is 14.6 Å². The maximum Gasteiger partial charge on any atom is 0.180 e. The van der Waals surface area contributed by atoms with Gasteiger partial charge in [0.25, 0.3) is 0 Å². The van der Waals surface area contributed by atoms with E-state index in [4.69, 9.17) is 0 Å². The highest BCUT2D eigenvalue weighted by atomic mass is 19.1. The molecule has 0 unspecified atom stereocenters. The third-order valence-corrected chi connectivity index (χ3v) is 6.74. The van der Waals surface area contributed by atoms with Gasteiger partial charge in [0.15, 0.2) is 11.6 Å². The first-order valence-electron chi connectivity index (χ1n) is 11.5. The minimum absolute atomic E-state index is 0.133. The normalized spacial score (nSPS) is 20.6. The van der Waals surface area contributed by atoms with Crippen LogP contribution in [0.2, 0.25) is 0 Å². The van der Waals surface area contributed by atoms with Gasteiger partial charge in [-0.15, -0.1) is 0 Å². The van der Waals surface area contributed by atoms with Crippen molar-refractivity contribution in [3.05, 3.63) is 46.3 Å². The molecule has 0 spiro atoms. The Morgan fingerprint density at radius 3 is 2.61 bits per heavy atom. The van der Waals surface area contributed by atoms with Crippen LogP contribution in [0.25, 0.3) is 0 Å². The van der Waals surface area contributed by atoms with Crippen LogP contribution in [-0.4, -0.2) is 73.4 Å². The molecule has 3 aliphatic rings. The van der Waals surface area contributed by atoms with E-state index in [1.54, 1.807) is 12.1 Å². The molecule has 4 rings (SSSR count). The van der Waals surface area contributed by atoms with Crippen LogP contribution in [-0.2, 0) is 11.2 Å². The first-order valence-corrected chi connectivity index (χ1v) is 11.5. The number of Topliss-reactive ketones (excluding diaryl/α,β-unsaturated/α-hetero) is 2. The van der Waals surface area contributed by atoms with Crippen LogP contribution >= 0.6 is 0 Å². The molecule has 0 saturated carbocycles. The van der Waals surface area contributed by atoms with E-state index in [1.807, 2.05) is 0 Å². The lowest BCUT2D eigenvalue weighted by Crippen LogP contribution is -2.44. The summed E-state index contributed by atoms with van der Waals surface area (Å²) in [7, 11) is 2.12. The highest BCUT2D eigenvalue weighted by Gasteiger charge is 2.26. The number of hydrogen-bond acceptors (Lipinski definition) is 5. The second kappa shape index (κ2) is 9.96. The number of benzene rings is 1. The fourth-order valence-corrected chi connectivity index (χ4v) is 4.81. The monoisotopic (exact) mass is 425 g/mol. The molecule has 6 heteroatoms. The number of halogens is 1. The van der Waals surface area contributed by atoms with Crippen molar-refractivity contribution in [1.29, 1.82) is 0 Å². The molecule has 0 bridgehead atoms. The van der Waals surface area contributed by atoms with Gasteiger partial charge in [-0.1, -0.05) is 6.07 Å². The van der Waals surface area contributed by atoms with Crippen molar-refractivity contribution in [1.82, 2.24) is 9.80 Å². The van der Waals surface area contributed by atoms with Crippen LogP contribution in [0.1, 0.15) is 54.4 Å². The Labute approximate surface area is 184 Å². The van der Waals surface area contributed by atoms with E-state index in [1.165, 1.54) is 6.07 Å². The number of nitrogens with zero attached hydrogens (tertiary/aromatic N) is 3. The Kier molecular flexibility index (Phi) is 7.08. The molecule has 0 amide bonds. The third-order valence-electron chi connectivity index (χ3n) is 6.74. The summed E-state index contributed by atoms with van der Waals surface area (Å²) >= 11 is 0. The van der Waals surface area contributed by atoms with Crippen molar-refractivity contribution in [2.75, 3.05) is 46.3 Å². The molecule has 0 aromatic heterocycles. The minimum Gasteiger partial charge on any atom is -0.304 e. The quantitative estimate of drug-likeness (QED) is 0.628. The van der Waals surface area contributed by atoms with E-state index in [2.05, 4.69) is 21.8 Å². The Morgan fingerprint density at radius 1 is 1.10 bits per heavy atom. The van der Waals surface area contributed by atoms with Crippen molar-refractivity contribution in [2.24, 2.45) is 4.99 Å². The topological polar surface area (TPSA) is 53.0 Å². The first-order chi connectivity index (χ1) is 15.0. The number of rotatable bonds is 7. The molecule has 0 atom stereocenters. The number of aliphatic imine (C=N–C) groups is 1. The van der Waals surface area contributed by atoms with Gasteiger partial charge >= 0.3 is 0 Å². The summed E-state index contributed by atoms with van der Waals surface area (Å²) in [6, 6.07) is 4.82. The van der Waals surface area contributed by atoms with Gasteiger partial charge in [0.2, 0.25) is 0 Å². The molecule has 1 aliphatic carbocycles. The molecule has 5 nitrogen and oxygen atoms in total. The highest BCUT2D eigenvalue weighted by molar-refractivity contribution is 6.14. The molecule has 1 aromatic rings. The molecule has 31 heavy (non-hydrogen) atoms. The standard InChI is InChI=1S/C25H32FN3O2/c1-28-11-13-29(14-12-28)10-4-7-24(30)21-15-18(8-9-22(21)26)16-23-19-5-2-3-6-20(19)25(31)17-27-23/h8-9,15H,2-7,10-14,16-17H2,1H3. The highest BCUT2D eigenvalue weighted by Crippen LogP contribution is 2.30. The number of ketones is 2. The Bertz CT molecular complexity index is 913. The predicted octanol–water partition coefficient (Wildman–Crippen LogP) is 3.47. The molecule has 0 radical (unpaired) electrons. The second-order valence-corrected chi connectivity index (χ2v) is 9.01. The van der Waals surface area contributed by atoms with Crippen LogP contribution in [0.3, 0.4) is 0 Å². The lowest BCUT2D eigenvalue weighted by molar-refractivity contribution is -0.114. The van der Waals surface area contributed by atoms with Gasteiger partial charge in [0.05, 0.1) is 5.56 Å². The number of hydrogen-bond donors (Lipinski definition) is 0. The third kappa shape index (κ3) is 5.36. The predicted molar refractivity (Wildman–Crippen MR) is 120 cm³/mol. The van der Waals surface area contributed by atoms with Crippen molar-refractivity contribution >= 4 is 17.3 Å². The van der Waals surface area contributed by atoms with Gasteiger partial charge in [0, 0.05) is 50.3 Å². The number of dihydropyridines is 1. The van der Waals surface area contributed by atoms with E-state index in [9.17, 15) is 14.0 Å². The average molecular weight is 426 g/mol. The number of allylic oxidation sites excluding steroid dienone is 1. The molecule has 2 heterocycles. The number of likely N-dealkylation sites (N-methyl/N-ethyl adjacent to an activating group) is 1.